The molecule has 1 amide bonds. The van der Waals surface area contributed by atoms with Gasteiger partial charge in [-0.05, 0) is 66.8 Å². The number of non-ortho nitro benzene ring substituents is 1. The number of ether oxygens (including phenoxy) is 10. The van der Waals surface area contributed by atoms with E-state index in [9.17, 15) is 25.0 Å². The third-order valence-electron chi connectivity index (χ3n) is 8.60. The predicted molar refractivity (Wildman–Crippen MR) is 223 cm³/mol. The number of nitrogens with zero attached hydrogens (tertiary/aromatic N) is 2. The van der Waals surface area contributed by atoms with Gasteiger partial charge in [-0.3, -0.25) is 25.0 Å². The molecule has 0 unspecified atom stereocenters. The van der Waals surface area contributed by atoms with E-state index in [0.29, 0.717) is 161 Å². The average Bonchev–Trinajstić information content (AvgIpc) is 3.74. The van der Waals surface area contributed by atoms with Crippen molar-refractivity contribution < 1.29 is 62.0 Å². The van der Waals surface area contributed by atoms with Crippen LogP contribution in [0.15, 0.2) is 72.9 Å². The van der Waals surface area contributed by atoms with Crippen molar-refractivity contribution >= 4 is 28.2 Å². The number of carbonyl (C=O) groups excluding carboxylic acids is 1. The maximum atomic E-state index is 12.4. The summed E-state index contributed by atoms with van der Waals surface area (Å²) < 4.78 is 55.3. The van der Waals surface area contributed by atoms with Gasteiger partial charge in [0.15, 0.2) is 0 Å². The molecule has 0 atom stereocenters. The van der Waals surface area contributed by atoms with E-state index in [0.717, 1.165) is 17.0 Å². The minimum absolute atomic E-state index is 0.185. The van der Waals surface area contributed by atoms with Crippen LogP contribution in [0.1, 0.15) is 22.3 Å². The van der Waals surface area contributed by atoms with Crippen LogP contribution < -0.4 is 10.1 Å². The Morgan fingerprint density at radius 1 is 0.541 bits per heavy atom. The number of carbonyl (C=O) groups is 1. The zero-order chi connectivity index (χ0) is 43.2. The third kappa shape index (κ3) is 20.4. The van der Waals surface area contributed by atoms with Crippen LogP contribution in [0.25, 0.3) is 10.9 Å². The van der Waals surface area contributed by atoms with Gasteiger partial charge in [0, 0.05) is 48.1 Å². The SMILES string of the molecule is O=C(NCCOCCOCCOCCOCCOCCOCCOCCOCCOCCCc1ccc([N+](=O)[O-])cc1[N+](=O)[O-])c1ccc(Oc2ccc3cc[nH]c3c2)cc1. The molecule has 0 aliphatic carbocycles. The fraction of sp³-hybridized carbons (Fsp3) is 0.500. The molecular formula is C42H56N4O15. The molecule has 1 aromatic heterocycles. The number of hydrogen-bond donors (Lipinski definition) is 2. The Kier molecular flexibility index (Phi) is 23.9. The molecule has 0 radical (unpaired) electrons. The van der Waals surface area contributed by atoms with Crippen LogP contribution >= 0.6 is 0 Å². The summed E-state index contributed by atoms with van der Waals surface area (Å²) in [5.41, 5.74) is 1.39. The number of benzene rings is 3. The molecule has 334 valence electrons. The first kappa shape index (κ1) is 48.6. The summed E-state index contributed by atoms with van der Waals surface area (Å²) in [5.74, 6) is 1.17. The molecule has 4 rings (SSSR count). The van der Waals surface area contributed by atoms with Gasteiger partial charge in [0.25, 0.3) is 17.3 Å². The summed E-state index contributed by atoms with van der Waals surface area (Å²) >= 11 is 0. The fourth-order valence-electron chi connectivity index (χ4n) is 5.51. The Labute approximate surface area is 354 Å². The van der Waals surface area contributed by atoms with Crippen molar-refractivity contribution in [3.63, 3.8) is 0 Å². The number of hydrogen-bond acceptors (Lipinski definition) is 15. The van der Waals surface area contributed by atoms with Crippen molar-refractivity contribution in [3.8, 4) is 11.5 Å². The molecular weight excluding hydrogens is 800 g/mol. The lowest BCUT2D eigenvalue weighted by atomic mass is 10.1. The van der Waals surface area contributed by atoms with Crippen molar-refractivity contribution in [1.29, 1.82) is 0 Å². The summed E-state index contributed by atoms with van der Waals surface area (Å²) in [6, 6.07) is 18.5. The minimum atomic E-state index is -0.656. The number of rotatable bonds is 36. The predicted octanol–water partition coefficient (Wildman–Crippen LogP) is 5.29. The van der Waals surface area contributed by atoms with Gasteiger partial charge in [0.05, 0.1) is 128 Å². The number of aromatic amines is 1. The maximum absolute atomic E-state index is 12.4. The topological polar surface area (TPSA) is 223 Å². The summed E-state index contributed by atoms with van der Waals surface area (Å²) in [7, 11) is 0. The molecule has 3 aromatic carbocycles. The van der Waals surface area contributed by atoms with Gasteiger partial charge in [-0.1, -0.05) is 0 Å². The molecule has 19 nitrogen and oxygen atoms in total. The highest BCUT2D eigenvalue weighted by atomic mass is 16.6. The Hall–Kier alpha value is -5.09. The van der Waals surface area contributed by atoms with E-state index < -0.39 is 9.85 Å². The first-order valence-corrected chi connectivity index (χ1v) is 20.2. The van der Waals surface area contributed by atoms with E-state index in [1.807, 2.05) is 30.5 Å². The van der Waals surface area contributed by atoms with Gasteiger partial charge in [0.1, 0.15) is 11.5 Å². The summed E-state index contributed by atoms with van der Waals surface area (Å²) in [6.07, 6.45) is 2.79. The van der Waals surface area contributed by atoms with E-state index in [1.165, 1.54) is 12.1 Å². The normalized spacial score (nSPS) is 11.3. The molecule has 2 N–H and O–H groups in total. The number of aromatic nitrogens is 1. The van der Waals surface area contributed by atoms with Crippen molar-refractivity contribution in [1.82, 2.24) is 10.3 Å². The van der Waals surface area contributed by atoms with Crippen LogP contribution in [0.4, 0.5) is 11.4 Å². The Morgan fingerprint density at radius 2 is 1.03 bits per heavy atom. The zero-order valence-electron chi connectivity index (χ0n) is 34.3. The summed E-state index contributed by atoms with van der Waals surface area (Å²) in [5, 5.41) is 26.0. The minimum Gasteiger partial charge on any atom is -0.457 e. The number of amides is 1. The van der Waals surface area contributed by atoms with E-state index in [4.69, 9.17) is 47.4 Å². The highest BCUT2D eigenvalue weighted by Crippen LogP contribution is 2.26. The molecule has 0 spiro atoms. The second-order valence-corrected chi connectivity index (χ2v) is 13.1. The van der Waals surface area contributed by atoms with Crippen LogP contribution in [-0.4, -0.2) is 146 Å². The molecule has 0 aliphatic rings. The molecule has 61 heavy (non-hydrogen) atoms. The molecule has 1 heterocycles. The van der Waals surface area contributed by atoms with Gasteiger partial charge in [0.2, 0.25) is 0 Å². The van der Waals surface area contributed by atoms with Crippen molar-refractivity contribution in [3.05, 3.63) is 104 Å². The number of H-pyrrole nitrogens is 1. The fourth-order valence-corrected chi connectivity index (χ4v) is 5.51. The number of aryl methyl sites for hydroxylation is 1. The third-order valence-corrected chi connectivity index (χ3v) is 8.60. The molecule has 19 heteroatoms. The lowest BCUT2D eigenvalue weighted by Crippen LogP contribution is -2.27. The van der Waals surface area contributed by atoms with Crippen LogP contribution in [0.5, 0.6) is 11.5 Å². The molecule has 0 bridgehead atoms. The zero-order valence-corrected chi connectivity index (χ0v) is 34.3. The average molecular weight is 857 g/mol. The monoisotopic (exact) mass is 856 g/mol. The van der Waals surface area contributed by atoms with E-state index in [1.54, 1.807) is 24.3 Å². The molecule has 0 saturated carbocycles. The highest BCUT2D eigenvalue weighted by Gasteiger charge is 2.19. The van der Waals surface area contributed by atoms with E-state index >= 15 is 0 Å². The summed E-state index contributed by atoms with van der Waals surface area (Å²) in [6.45, 7) is 7.98. The molecule has 0 aliphatic heterocycles. The standard InChI is InChI=1S/C42H56N4O15/c47-42(36-5-8-38(9-6-36)61-39-10-4-34-11-12-43-40(34)33-39)44-13-15-53-17-19-55-21-23-57-25-27-59-29-31-60-30-28-58-26-24-56-22-20-54-18-16-52-14-1-2-35-3-7-37(45(48)49)32-41(35)46(50)51/h3-12,32-33,43H,1-2,13-31H2,(H,44,47). The van der Waals surface area contributed by atoms with Crippen LogP contribution in [0.2, 0.25) is 0 Å². The van der Waals surface area contributed by atoms with Gasteiger partial charge in [-0.25, -0.2) is 0 Å². The molecule has 0 fully saturated rings. The van der Waals surface area contributed by atoms with Crippen LogP contribution in [0.3, 0.4) is 0 Å². The Morgan fingerprint density at radius 3 is 1.54 bits per heavy atom. The van der Waals surface area contributed by atoms with E-state index in [-0.39, 0.29) is 17.3 Å². The number of nitro groups is 2. The van der Waals surface area contributed by atoms with Gasteiger partial charge < -0.3 is 57.7 Å². The lowest BCUT2D eigenvalue weighted by Gasteiger charge is -2.09. The quantitative estimate of drug-likeness (QED) is 0.0337. The van der Waals surface area contributed by atoms with Crippen LogP contribution in [0, 0.1) is 20.2 Å². The second-order valence-electron chi connectivity index (χ2n) is 13.1. The second kappa shape index (κ2) is 30.0. The Balaban J connectivity index is 0.807. The van der Waals surface area contributed by atoms with Gasteiger partial charge in [-0.15, -0.1) is 0 Å². The number of nitrogens with one attached hydrogen (secondary N) is 2. The molecule has 4 aromatic rings. The Bertz CT molecular complexity index is 1840. The largest absolute Gasteiger partial charge is 0.457 e. The van der Waals surface area contributed by atoms with E-state index in [2.05, 4.69) is 10.3 Å². The lowest BCUT2D eigenvalue weighted by molar-refractivity contribution is -0.394. The first-order valence-electron chi connectivity index (χ1n) is 20.2. The van der Waals surface area contributed by atoms with Crippen molar-refractivity contribution in [2.45, 2.75) is 12.8 Å². The van der Waals surface area contributed by atoms with Crippen LogP contribution in [-0.2, 0) is 49.1 Å². The number of nitro benzene ring substituents is 2. The summed E-state index contributed by atoms with van der Waals surface area (Å²) in [4.78, 5) is 36.4. The maximum Gasteiger partial charge on any atom is 0.279 e. The smallest absolute Gasteiger partial charge is 0.279 e. The van der Waals surface area contributed by atoms with Gasteiger partial charge >= 0.3 is 0 Å². The number of fused-ring (bicyclic) bond motifs is 1. The highest BCUT2D eigenvalue weighted by molar-refractivity contribution is 5.94. The van der Waals surface area contributed by atoms with Gasteiger partial charge in [-0.2, -0.15) is 0 Å². The van der Waals surface area contributed by atoms with Crippen molar-refractivity contribution in [2.75, 3.05) is 125 Å². The first-order chi connectivity index (χ1) is 29.9. The molecule has 0 saturated heterocycles. The van der Waals surface area contributed by atoms with Crippen molar-refractivity contribution in [2.24, 2.45) is 0 Å².